The fourth-order valence-corrected chi connectivity index (χ4v) is 2.53. The highest BCUT2D eigenvalue weighted by molar-refractivity contribution is 7.87. The third-order valence-electron chi connectivity index (χ3n) is 2.52. The molecular formula is C10H23N5O2S. The quantitative estimate of drug-likeness (QED) is 0.323. The van der Waals surface area contributed by atoms with Crippen LogP contribution in [0.5, 0.6) is 0 Å². The lowest BCUT2D eigenvalue weighted by Gasteiger charge is -2.16. The second-order valence-electron chi connectivity index (χ2n) is 4.75. The van der Waals surface area contributed by atoms with Gasteiger partial charge in [0.2, 0.25) is 0 Å². The number of guanidine groups is 1. The van der Waals surface area contributed by atoms with Crippen molar-refractivity contribution in [3.63, 3.8) is 0 Å². The summed E-state index contributed by atoms with van der Waals surface area (Å²) in [6.07, 6.45) is 2.30. The van der Waals surface area contributed by atoms with Gasteiger partial charge >= 0.3 is 0 Å². The van der Waals surface area contributed by atoms with E-state index in [0.29, 0.717) is 18.5 Å². The smallest absolute Gasteiger partial charge is 0.277 e. The molecule has 1 aliphatic rings. The van der Waals surface area contributed by atoms with E-state index in [-0.39, 0.29) is 12.6 Å². The van der Waals surface area contributed by atoms with Crippen molar-refractivity contribution in [1.82, 2.24) is 14.3 Å². The van der Waals surface area contributed by atoms with E-state index in [2.05, 4.69) is 14.4 Å². The molecule has 0 aromatic carbocycles. The molecule has 106 valence electrons. The normalized spacial score (nSPS) is 17.2. The molecule has 0 spiro atoms. The molecule has 0 aromatic heterocycles. The number of nitrogens with one attached hydrogen (secondary N) is 2. The third-order valence-corrected chi connectivity index (χ3v) is 3.89. The molecule has 18 heavy (non-hydrogen) atoms. The minimum atomic E-state index is -3.43. The Morgan fingerprint density at radius 2 is 2.11 bits per heavy atom. The number of hydrogen-bond donors (Lipinski definition) is 3. The first-order valence-electron chi connectivity index (χ1n) is 6.11. The standard InChI is InChI=1S/C10H23N5O2S/c1-8(2)14-18(16,17)13-7-6-12-10(11)15(3)9-4-5-9/h8-9,13-14H,4-7H2,1-3H3,(H2,11,12). The Labute approximate surface area is 109 Å². The van der Waals surface area contributed by atoms with Crippen LogP contribution in [0, 0.1) is 0 Å². The summed E-state index contributed by atoms with van der Waals surface area (Å²) in [5, 5.41) is 0. The van der Waals surface area contributed by atoms with Crippen LogP contribution in [-0.2, 0) is 10.2 Å². The van der Waals surface area contributed by atoms with Crippen molar-refractivity contribution in [1.29, 1.82) is 0 Å². The van der Waals surface area contributed by atoms with Crippen molar-refractivity contribution in [2.75, 3.05) is 20.1 Å². The molecule has 1 rings (SSSR count). The molecule has 0 amide bonds. The fraction of sp³-hybridized carbons (Fsp3) is 0.900. The van der Waals surface area contributed by atoms with E-state index in [1.165, 1.54) is 0 Å². The van der Waals surface area contributed by atoms with E-state index in [1.54, 1.807) is 13.8 Å². The van der Waals surface area contributed by atoms with E-state index in [4.69, 9.17) is 5.73 Å². The first-order valence-corrected chi connectivity index (χ1v) is 7.60. The van der Waals surface area contributed by atoms with Crippen molar-refractivity contribution < 1.29 is 8.42 Å². The fourth-order valence-electron chi connectivity index (χ4n) is 1.46. The van der Waals surface area contributed by atoms with Gasteiger partial charge in [-0.2, -0.15) is 13.1 Å². The lowest BCUT2D eigenvalue weighted by atomic mass is 10.4. The van der Waals surface area contributed by atoms with Crippen molar-refractivity contribution in [2.45, 2.75) is 38.8 Å². The Morgan fingerprint density at radius 3 is 2.61 bits per heavy atom. The van der Waals surface area contributed by atoms with E-state index < -0.39 is 10.2 Å². The summed E-state index contributed by atoms with van der Waals surface area (Å²) in [6, 6.07) is 0.380. The number of hydrogen-bond acceptors (Lipinski definition) is 3. The maximum Gasteiger partial charge on any atom is 0.277 e. The summed E-state index contributed by atoms with van der Waals surface area (Å²) in [6.45, 7) is 4.10. The summed E-state index contributed by atoms with van der Waals surface area (Å²) in [7, 11) is -1.52. The van der Waals surface area contributed by atoms with Crippen LogP contribution in [0.25, 0.3) is 0 Å². The van der Waals surface area contributed by atoms with Crippen LogP contribution in [0.3, 0.4) is 0 Å². The number of nitrogens with zero attached hydrogens (tertiary/aromatic N) is 2. The van der Waals surface area contributed by atoms with Gasteiger partial charge in [0.25, 0.3) is 10.2 Å². The van der Waals surface area contributed by atoms with E-state index >= 15 is 0 Å². The molecule has 0 atom stereocenters. The Morgan fingerprint density at radius 1 is 1.50 bits per heavy atom. The first-order chi connectivity index (χ1) is 8.32. The molecule has 0 heterocycles. The molecule has 7 nitrogen and oxygen atoms in total. The lowest BCUT2D eigenvalue weighted by Crippen LogP contribution is -2.41. The Kier molecular flexibility index (Phi) is 5.36. The number of rotatable bonds is 7. The van der Waals surface area contributed by atoms with E-state index in [9.17, 15) is 8.42 Å². The SMILES string of the molecule is CC(C)NS(=O)(=O)NCCN=C(N)N(C)C1CC1. The lowest BCUT2D eigenvalue weighted by molar-refractivity contribution is 0.487. The monoisotopic (exact) mass is 277 g/mol. The van der Waals surface area contributed by atoms with Gasteiger partial charge in [-0.05, 0) is 26.7 Å². The van der Waals surface area contributed by atoms with Gasteiger partial charge in [0.1, 0.15) is 0 Å². The predicted octanol–water partition coefficient (Wildman–Crippen LogP) is -0.772. The van der Waals surface area contributed by atoms with Gasteiger partial charge in [0, 0.05) is 25.7 Å². The van der Waals surface area contributed by atoms with Gasteiger partial charge in [-0.3, -0.25) is 4.99 Å². The van der Waals surface area contributed by atoms with Crippen molar-refractivity contribution in [2.24, 2.45) is 10.7 Å². The van der Waals surface area contributed by atoms with Gasteiger partial charge in [-0.1, -0.05) is 0 Å². The van der Waals surface area contributed by atoms with Crippen LogP contribution in [0.4, 0.5) is 0 Å². The maximum atomic E-state index is 11.4. The average Bonchev–Trinajstić information content (AvgIpc) is 3.04. The molecule has 8 heteroatoms. The summed E-state index contributed by atoms with van der Waals surface area (Å²) >= 11 is 0. The Balaban J connectivity index is 2.27. The molecule has 1 aliphatic carbocycles. The number of nitrogens with two attached hydrogens (primary N) is 1. The maximum absolute atomic E-state index is 11.4. The molecule has 1 fully saturated rings. The molecule has 0 bridgehead atoms. The van der Waals surface area contributed by atoms with Gasteiger partial charge in [0.15, 0.2) is 5.96 Å². The molecular weight excluding hydrogens is 254 g/mol. The highest BCUT2D eigenvalue weighted by Crippen LogP contribution is 2.24. The Bertz CT molecular complexity index is 389. The summed E-state index contributed by atoms with van der Waals surface area (Å²) in [5.41, 5.74) is 5.77. The van der Waals surface area contributed by atoms with Crippen LogP contribution in [-0.4, -0.2) is 51.5 Å². The molecule has 0 aliphatic heterocycles. The van der Waals surface area contributed by atoms with Crippen LogP contribution in [0.1, 0.15) is 26.7 Å². The molecule has 1 saturated carbocycles. The topological polar surface area (TPSA) is 99.8 Å². The molecule has 0 aromatic rings. The first kappa shape index (κ1) is 15.2. The molecule has 0 unspecified atom stereocenters. The highest BCUT2D eigenvalue weighted by Gasteiger charge is 2.27. The van der Waals surface area contributed by atoms with Crippen molar-refractivity contribution >= 4 is 16.2 Å². The van der Waals surface area contributed by atoms with Crippen LogP contribution < -0.4 is 15.2 Å². The van der Waals surface area contributed by atoms with E-state index in [0.717, 1.165) is 12.8 Å². The van der Waals surface area contributed by atoms with Gasteiger partial charge in [0.05, 0.1) is 6.54 Å². The second-order valence-corrected chi connectivity index (χ2v) is 6.28. The summed E-state index contributed by atoms with van der Waals surface area (Å²) < 4.78 is 27.7. The zero-order valence-electron chi connectivity index (χ0n) is 11.2. The Hall–Kier alpha value is -0.860. The van der Waals surface area contributed by atoms with Crippen molar-refractivity contribution in [3.8, 4) is 0 Å². The minimum absolute atomic E-state index is 0.128. The summed E-state index contributed by atoms with van der Waals surface area (Å²) in [4.78, 5) is 6.06. The largest absolute Gasteiger partial charge is 0.370 e. The van der Waals surface area contributed by atoms with Gasteiger partial charge in [-0.25, -0.2) is 4.72 Å². The van der Waals surface area contributed by atoms with Gasteiger partial charge < -0.3 is 10.6 Å². The predicted molar refractivity (Wildman–Crippen MR) is 72.5 cm³/mol. The highest BCUT2D eigenvalue weighted by atomic mass is 32.2. The van der Waals surface area contributed by atoms with Gasteiger partial charge in [-0.15, -0.1) is 0 Å². The molecule has 4 N–H and O–H groups in total. The zero-order chi connectivity index (χ0) is 13.8. The number of aliphatic imine (C=N–C) groups is 1. The van der Waals surface area contributed by atoms with Crippen LogP contribution in [0.2, 0.25) is 0 Å². The van der Waals surface area contributed by atoms with Crippen molar-refractivity contribution in [3.05, 3.63) is 0 Å². The van der Waals surface area contributed by atoms with Crippen LogP contribution in [0.15, 0.2) is 4.99 Å². The van der Waals surface area contributed by atoms with E-state index in [1.807, 2.05) is 11.9 Å². The van der Waals surface area contributed by atoms with Crippen LogP contribution >= 0.6 is 0 Å². The third kappa shape index (κ3) is 5.65. The minimum Gasteiger partial charge on any atom is -0.370 e. The molecule has 0 radical (unpaired) electrons. The summed E-state index contributed by atoms with van der Waals surface area (Å²) in [5.74, 6) is 0.466. The molecule has 0 saturated heterocycles. The zero-order valence-corrected chi connectivity index (χ0v) is 12.0. The second kappa shape index (κ2) is 6.35. The average molecular weight is 277 g/mol.